The van der Waals surface area contributed by atoms with E-state index >= 15 is 0 Å². The number of hydrogen-bond acceptors (Lipinski definition) is 5. The monoisotopic (exact) mass is 360 g/mol. The van der Waals surface area contributed by atoms with Gasteiger partial charge in [-0.1, -0.05) is 35.3 Å². The van der Waals surface area contributed by atoms with Crippen LogP contribution in [0.2, 0.25) is 10.0 Å². The third-order valence-corrected chi connectivity index (χ3v) is 3.92. The Morgan fingerprint density at radius 3 is 2.46 bits per heavy atom. The molecule has 122 valence electrons. The zero-order chi connectivity index (χ0) is 17.1. The number of hydrogen-bond donors (Lipinski definition) is 3. The van der Waals surface area contributed by atoms with Crippen LogP contribution >= 0.6 is 23.2 Å². The largest absolute Gasteiger partial charge is 0.392 e. The first kappa shape index (κ1) is 16.5. The number of rotatable bonds is 4. The summed E-state index contributed by atoms with van der Waals surface area (Å²) in [5, 5.41) is 13.3. The third-order valence-electron chi connectivity index (χ3n) is 3.36. The second-order valence-electron chi connectivity index (χ2n) is 5.10. The van der Waals surface area contributed by atoms with Gasteiger partial charge in [-0.2, -0.15) is 4.98 Å². The lowest BCUT2D eigenvalue weighted by Crippen LogP contribution is -2.01. The summed E-state index contributed by atoms with van der Waals surface area (Å²) in [6, 6.07) is 14.2. The van der Waals surface area contributed by atoms with E-state index in [0.717, 1.165) is 11.3 Å². The quantitative estimate of drug-likeness (QED) is 0.646. The molecule has 0 radical (unpaired) electrons. The number of nitrogens with one attached hydrogen (secondary N) is 1. The summed E-state index contributed by atoms with van der Waals surface area (Å²) in [5.74, 6) is 0.656. The average Bonchev–Trinajstić information content (AvgIpc) is 2.57. The number of benzene rings is 2. The van der Waals surface area contributed by atoms with Crippen molar-refractivity contribution in [3.05, 3.63) is 64.1 Å². The van der Waals surface area contributed by atoms with Crippen LogP contribution in [0, 0.1) is 0 Å². The standard InChI is InChI=1S/C17H14Cl2N4O/c18-11-3-6-14(19)13(7-11)15-8-16(23-17(20)22-15)21-12-4-1-10(9-24)2-5-12/h1-8,24H,9H2,(H3,20,21,22,23). The van der Waals surface area contributed by atoms with Crippen molar-refractivity contribution in [2.75, 3.05) is 11.1 Å². The molecular weight excluding hydrogens is 347 g/mol. The molecule has 4 N–H and O–H groups in total. The molecule has 7 heteroatoms. The SMILES string of the molecule is Nc1nc(Nc2ccc(CO)cc2)cc(-c2cc(Cl)ccc2Cl)n1. The van der Waals surface area contributed by atoms with Gasteiger partial charge in [0.25, 0.3) is 0 Å². The molecule has 2 aromatic carbocycles. The van der Waals surface area contributed by atoms with Crippen molar-refractivity contribution in [3.8, 4) is 11.3 Å². The lowest BCUT2D eigenvalue weighted by molar-refractivity contribution is 0.282. The average molecular weight is 361 g/mol. The van der Waals surface area contributed by atoms with E-state index in [1.54, 1.807) is 24.3 Å². The second kappa shape index (κ2) is 7.05. The molecule has 3 aromatic rings. The van der Waals surface area contributed by atoms with Crippen LogP contribution in [0.3, 0.4) is 0 Å². The molecule has 0 fully saturated rings. The van der Waals surface area contributed by atoms with Crippen molar-refractivity contribution in [1.82, 2.24) is 9.97 Å². The number of nitrogens with zero attached hydrogens (tertiary/aromatic N) is 2. The van der Waals surface area contributed by atoms with E-state index in [2.05, 4.69) is 15.3 Å². The maximum atomic E-state index is 9.08. The Hall–Kier alpha value is -2.34. The highest BCUT2D eigenvalue weighted by molar-refractivity contribution is 6.35. The number of halogens is 2. The van der Waals surface area contributed by atoms with E-state index in [1.807, 2.05) is 24.3 Å². The van der Waals surface area contributed by atoms with Crippen LogP contribution in [-0.2, 0) is 6.61 Å². The maximum Gasteiger partial charge on any atom is 0.222 e. The molecule has 3 rings (SSSR count). The molecule has 1 heterocycles. The highest BCUT2D eigenvalue weighted by Crippen LogP contribution is 2.31. The van der Waals surface area contributed by atoms with E-state index in [0.29, 0.717) is 27.1 Å². The zero-order valence-corrected chi connectivity index (χ0v) is 14.0. The third kappa shape index (κ3) is 3.76. The molecule has 0 aliphatic heterocycles. The minimum atomic E-state index is -0.00184. The molecule has 24 heavy (non-hydrogen) atoms. The first-order valence-electron chi connectivity index (χ1n) is 7.12. The van der Waals surface area contributed by atoms with Crippen LogP contribution in [0.4, 0.5) is 17.5 Å². The van der Waals surface area contributed by atoms with Crippen molar-refractivity contribution in [1.29, 1.82) is 0 Å². The van der Waals surface area contributed by atoms with Crippen LogP contribution in [0.1, 0.15) is 5.56 Å². The van der Waals surface area contributed by atoms with Gasteiger partial charge in [-0.3, -0.25) is 0 Å². The summed E-state index contributed by atoms with van der Waals surface area (Å²) in [6.07, 6.45) is 0. The normalized spacial score (nSPS) is 10.6. The van der Waals surface area contributed by atoms with Gasteiger partial charge in [-0.05, 0) is 35.9 Å². The Kier molecular flexibility index (Phi) is 4.85. The van der Waals surface area contributed by atoms with Crippen molar-refractivity contribution in [2.45, 2.75) is 6.61 Å². The minimum absolute atomic E-state index is 0.00184. The van der Waals surface area contributed by atoms with Gasteiger partial charge in [0.15, 0.2) is 0 Å². The molecule has 0 aliphatic rings. The lowest BCUT2D eigenvalue weighted by atomic mass is 10.1. The fraction of sp³-hybridized carbons (Fsp3) is 0.0588. The van der Waals surface area contributed by atoms with E-state index in [4.69, 9.17) is 34.0 Å². The highest BCUT2D eigenvalue weighted by Gasteiger charge is 2.10. The Morgan fingerprint density at radius 2 is 1.75 bits per heavy atom. The number of nitrogens with two attached hydrogens (primary N) is 1. The first-order chi connectivity index (χ1) is 11.5. The van der Waals surface area contributed by atoms with Gasteiger partial charge < -0.3 is 16.2 Å². The Morgan fingerprint density at radius 1 is 1.00 bits per heavy atom. The number of aliphatic hydroxyl groups excluding tert-OH is 1. The summed E-state index contributed by atoms with van der Waals surface area (Å²) in [5.41, 5.74) is 8.71. The molecule has 0 spiro atoms. The van der Waals surface area contributed by atoms with E-state index < -0.39 is 0 Å². The molecule has 0 saturated heterocycles. The zero-order valence-electron chi connectivity index (χ0n) is 12.5. The number of anilines is 3. The van der Waals surface area contributed by atoms with E-state index in [1.165, 1.54) is 0 Å². The van der Waals surface area contributed by atoms with Gasteiger partial charge >= 0.3 is 0 Å². The van der Waals surface area contributed by atoms with Crippen LogP contribution in [0.25, 0.3) is 11.3 Å². The molecule has 0 amide bonds. The predicted octanol–water partition coefficient (Wildman–Crippen LogP) is 4.27. The summed E-state index contributed by atoms with van der Waals surface area (Å²) < 4.78 is 0. The molecule has 5 nitrogen and oxygen atoms in total. The Labute approximate surface area is 149 Å². The van der Waals surface area contributed by atoms with Crippen LogP contribution in [0.15, 0.2) is 48.5 Å². The summed E-state index contributed by atoms with van der Waals surface area (Å²) in [6.45, 7) is -0.00184. The minimum Gasteiger partial charge on any atom is -0.392 e. The van der Waals surface area contributed by atoms with Gasteiger partial charge in [0.05, 0.1) is 17.3 Å². The van der Waals surface area contributed by atoms with Gasteiger partial charge in [-0.15, -0.1) is 0 Å². The number of aliphatic hydroxyl groups is 1. The number of aromatic nitrogens is 2. The van der Waals surface area contributed by atoms with Crippen molar-refractivity contribution in [2.24, 2.45) is 0 Å². The van der Waals surface area contributed by atoms with E-state index in [9.17, 15) is 0 Å². The molecular formula is C17H14Cl2N4O. The lowest BCUT2D eigenvalue weighted by Gasteiger charge is -2.10. The smallest absolute Gasteiger partial charge is 0.222 e. The summed E-state index contributed by atoms with van der Waals surface area (Å²) >= 11 is 12.3. The van der Waals surface area contributed by atoms with Gasteiger partial charge in [0, 0.05) is 22.3 Å². The highest BCUT2D eigenvalue weighted by atomic mass is 35.5. The second-order valence-corrected chi connectivity index (χ2v) is 5.94. The predicted molar refractivity (Wildman–Crippen MR) is 97.5 cm³/mol. The molecule has 0 bridgehead atoms. The Balaban J connectivity index is 1.95. The van der Waals surface area contributed by atoms with E-state index in [-0.39, 0.29) is 12.6 Å². The fourth-order valence-electron chi connectivity index (χ4n) is 2.20. The van der Waals surface area contributed by atoms with Crippen molar-refractivity contribution < 1.29 is 5.11 Å². The van der Waals surface area contributed by atoms with Gasteiger partial charge in [0.1, 0.15) is 5.82 Å². The fourth-order valence-corrected chi connectivity index (χ4v) is 2.59. The molecule has 0 aliphatic carbocycles. The maximum absolute atomic E-state index is 9.08. The van der Waals surface area contributed by atoms with Crippen LogP contribution < -0.4 is 11.1 Å². The van der Waals surface area contributed by atoms with Crippen LogP contribution in [-0.4, -0.2) is 15.1 Å². The molecule has 0 atom stereocenters. The molecule has 0 unspecified atom stereocenters. The summed E-state index contributed by atoms with van der Waals surface area (Å²) in [7, 11) is 0. The summed E-state index contributed by atoms with van der Waals surface area (Å²) in [4.78, 5) is 8.40. The topological polar surface area (TPSA) is 84.1 Å². The molecule has 1 aromatic heterocycles. The van der Waals surface area contributed by atoms with Crippen LogP contribution in [0.5, 0.6) is 0 Å². The first-order valence-corrected chi connectivity index (χ1v) is 7.87. The number of nitrogen functional groups attached to an aromatic ring is 1. The molecule has 0 saturated carbocycles. The van der Waals surface area contributed by atoms with Gasteiger partial charge in [0.2, 0.25) is 5.95 Å². The van der Waals surface area contributed by atoms with Crippen molar-refractivity contribution in [3.63, 3.8) is 0 Å². The van der Waals surface area contributed by atoms with Gasteiger partial charge in [-0.25, -0.2) is 4.98 Å². The van der Waals surface area contributed by atoms with Crippen molar-refractivity contribution >= 4 is 40.7 Å². The Bertz CT molecular complexity index is 869.